The number of benzene rings is 1. The maximum Gasteiger partial charge on any atom is 0.336 e. The average molecular weight is 291 g/mol. The van der Waals surface area contributed by atoms with Crippen molar-refractivity contribution in [1.82, 2.24) is 0 Å². The lowest BCUT2D eigenvalue weighted by Gasteiger charge is -2.23. The molecule has 0 aliphatic carbocycles. The van der Waals surface area contributed by atoms with Crippen molar-refractivity contribution in [3.05, 3.63) is 29.3 Å². The standard InChI is InChI=1S/C13H13F4NO2/c1-12(2)7-5-6(3-4-8(7)18-11(12)20)9(19)13(16,17)10(14)15/h3-5,9-10,19H,1-2H3,(H,18,20). The molecule has 0 spiro atoms. The fourth-order valence-electron chi connectivity index (χ4n) is 2.10. The largest absolute Gasteiger partial charge is 0.382 e. The monoisotopic (exact) mass is 291 g/mol. The molecule has 7 heteroatoms. The van der Waals surface area contributed by atoms with Gasteiger partial charge in [-0.15, -0.1) is 0 Å². The van der Waals surface area contributed by atoms with E-state index in [1.54, 1.807) is 13.8 Å². The highest BCUT2D eigenvalue weighted by Crippen LogP contribution is 2.42. The predicted octanol–water partition coefficient (Wildman–Crippen LogP) is 2.85. The van der Waals surface area contributed by atoms with Gasteiger partial charge in [-0.1, -0.05) is 6.07 Å². The minimum Gasteiger partial charge on any atom is -0.382 e. The van der Waals surface area contributed by atoms with Gasteiger partial charge in [-0.25, -0.2) is 8.78 Å². The molecule has 0 fully saturated rings. The minimum absolute atomic E-state index is 0.320. The molecule has 0 saturated heterocycles. The summed E-state index contributed by atoms with van der Waals surface area (Å²) >= 11 is 0. The highest BCUT2D eigenvalue weighted by molar-refractivity contribution is 6.05. The number of amides is 1. The van der Waals surface area contributed by atoms with E-state index in [1.807, 2.05) is 0 Å². The summed E-state index contributed by atoms with van der Waals surface area (Å²) in [6.07, 6.45) is -6.60. The summed E-state index contributed by atoms with van der Waals surface area (Å²) in [5, 5.41) is 12.0. The number of nitrogens with one attached hydrogen (secondary N) is 1. The van der Waals surface area contributed by atoms with Gasteiger partial charge in [-0.05, 0) is 37.1 Å². The number of hydrogen-bond acceptors (Lipinski definition) is 2. The fraction of sp³-hybridized carbons (Fsp3) is 0.462. The number of alkyl halides is 4. The molecular formula is C13H13F4NO2. The second-order valence-electron chi connectivity index (χ2n) is 5.26. The van der Waals surface area contributed by atoms with Crippen molar-refractivity contribution in [3.63, 3.8) is 0 Å². The van der Waals surface area contributed by atoms with Crippen molar-refractivity contribution in [3.8, 4) is 0 Å². The van der Waals surface area contributed by atoms with Crippen LogP contribution in [0, 0.1) is 0 Å². The second kappa shape index (κ2) is 4.44. The van der Waals surface area contributed by atoms with Gasteiger partial charge in [0.25, 0.3) is 0 Å². The summed E-state index contributed by atoms with van der Waals surface area (Å²) in [7, 11) is 0. The van der Waals surface area contributed by atoms with Crippen molar-refractivity contribution < 1.29 is 27.5 Å². The summed E-state index contributed by atoms with van der Waals surface area (Å²) in [6, 6.07) is 3.58. The molecule has 0 saturated carbocycles. The molecule has 1 aromatic carbocycles. The molecule has 0 radical (unpaired) electrons. The van der Waals surface area contributed by atoms with Crippen LogP contribution in [0.4, 0.5) is 23.2 Å². The first-order valence-electron chi connectivity index (χ1n) is 5.88. The SMILES string of the molecule is CC1(C)C(=O)Nc2ccc(C(O)C(F)(F)C(F)F)cc21. The molecule has 1 unspecified atom stereocenters. The van der Waals surface area contributed by atoms with Crippen LogP contribution in [0.5, 0.6) is 0 Å². The van der Waals surface area contributed by atoms with Gasteiger partial charge >= 0.3 is 12.3 Å². The fourth-order valence-corrected chi connectivity index (χ4v) is 2.10. The number of aliphatic hydroxyl groups excluding tert-OH is 1. The third kappa shape index (κ3) is 2.06. The van der Waals surface area contributed by atoms with E-state index in [2.05, 4.69) is 5.32 Å². The Bertz CT molecular complexity index is 557. The van der Waals surface area contributed by atoms with Gasteiger partial charge in [-0.2, -0.15) is 8.78 Å². The summed E-state index contributed by atoms with van der Waals surface area (Å²) in [5.41, 5.74) is -0.496. The maximum atomic E-state index is 13.2. The number of carbonyl (C=O) groups excluding carboxylic acids is 1. The van der Waals surface area contributed by atoms with E-state index in [0.717, 1.165) is 12.1 Å². The van der Waals surface area contributed by atoms with Crippen LogP contribution in [-0.4, -0.2) is 23.4 Å². The summed E-state index contributed by atoms with van der Waals surface area (Å²) < 4.78 is 50.8. The van der Waals surface area contributed by atoms with Gasteiger partial charge in [0.1, 0.15) is 6.10 Å². The van der Waals surface area contributed by atoms with E-state index in [1.165, 1.54) is 6.07 Å². The first kappa shape index (κ1) is 14.8. The van der Waals surface area contributed by atoms with Crippen LogP contribution in [-0.2, 0) is 10.2 Å². The zero-order valence-corrected chi connectivity index (χ0v) is 10.8. The molecule has 2 rings (SSSR count). The van der Waals surface area contributed by atoms with E-state index < -0.39 is 23.9 Å². The van der Waals surface area contributed by atoms with Gasteiger partial charge in [-0.3, -0.25) is 4.79 Å². The third-order valence-electron chi connectivity index (χ3n) is 3.50. The molecule has 1 aliphatic heterocycles. The first-order valence-corrected chi connectivity index (χ1v) is 5.88. The van der Waals surface area contributed by atoms with Crippen LogP contribution in [0.15, 0.2) is 18.2 Å². The second-order valence-corrected chi connectivity index (χ2v) is 5.26. The Morgan fingerprint density at radius 1 is 1.30 bits per heavy atom. The highest BCUT2D eigenvalue weighted by Gasteiger charge is 2.49. The molecule has 3 nitrogen and oxygen atoms in total. The number of anilines is 1. The van der Waals surface area contributed by atoms with E-state index in [0.29, 0.717) is 11.3 Å². The lowest BCUT2D eigenvalue weighted by atomic mass is 9.84. The van der Waals surface area contributed by atoms with Crippen molar-refractivity contribution in [2.45, 2.75) is 37.7 Å². The average Bonchev–Trinajstić information content (AvgIpc) is 2.59. The zero-order chi connectivity index (χ0) is 15.3. The molecule has 1 aromatic rings. The third-order valence-corrected chi connectivity index (χ3v) is 3.50. The number of carbonyl (C=O) groups is 1. The van der Waals surface area contributed by atoms with Crippen LogP contribution < -0.4 is 5.32 Å². The van der Waals surface area contributed by atoms with Gasteiger partial charge in [0.05, 0.1) is 5.41 Å². The van der Waals surface area contributed by atoms with Crippen LogP contribution >= 0.6 is 0 Å². The summed E-state index contributed by atoms with van der Waals surface area (Å²) in [5.74, 6) is -4.87. The Hall–Kier alpha value is -1.63. The van der Waals surface area contributed by atoms with Gasteiger partial charge in [0.2, 0.25) is 5.91 Å². The Morgan fingerprint density at radius 3 is 2.45 bits per heavy atom. The van der Waals surface area contributed by atoms with E-state index >= 15 is 0 Å². The Balaban J connectivity index is 2.44. The summed E-state index contributed by atoms with van der Waals surface area (Å²) in [6.45, 7) is 3.16. The van der Waals surface area contributed by atoms with Crippen molar-refractivity contribution >= 4 is 11.6 Å². The Morgan fingerprint density at radius 2 is 1.90 bits per heavy atom. The van der Waals surface area contributed by atoms with Crippen LogP contribution in [0.3, 0.4) is 0 Å². The van der Waals surface area contributed by atoms with Crippen molar-refractivity contribution in [2.24, 2.45) is 0 Å². The molecule has 1 aliphatic rings. The normalized spacial score (nSPS) is 18.9. The van der Waals surface area contributed by atoms with Gasteiger partial charge in [0.15, 0.2) is 0 Å². The zero-order valence-electron chi connectivity index (χ0n) is 10.8. The molecule has 110 valence electrons. The van der Waals surface area contributed by atoms with Crippen LogP contribution in [0.1, 0.15) is 31.1 Å². The van der Waals surface area contributed by atoms with Crippen LogP contribution in [0.25, 0.3) is 0 Å². The quantitative estimate of drug-likeness (QED) is 0.841. The smallest absolute Gasteiger partial charge is 0.336 e. The Kier molecular flexibility index (Phi) is 3.28. The van der Waals surface area contributed by atoms with E-state index in [9.17, 15) is 27.5 Å². The topological polar surface area (TPSA) is 49.3 Å². The van der Waals surface area contributed by atoms with Crippen molar-refractivity contribution in [1.29, 1.82) is 0 Å². The maximum absolute atomic E-state index is 13.2. The molecule has 1 atom stereocenters. The summed E-state index contributed by atoms with van der Waals surface area (Å²) in [4.78, 5) is 11.7. The minimum atomic E-state index is -4.55. The first-order chi connectivity index (χ1) is 9.08. The lowest BCUT2D eigenvalue weighted by molar-refractivity contribution is -0.193. The number of hydrogen-bond donors (Lipinski definition) is 2. The molecule has 0 bridgehead atoms. The molecule has 1 heterocycles. The number of rotatable bonds is 3. The molecule has 2 N–H and O–H groups in total. The molecule has 20 heavy (non-hydrogen) atoms. The van der Waals surface area contributed by atoms with Gasteiger partial charge < -0.3 is 10.4 Å². The van der Waals surface area contributed by atoms with Gasteiger partial charge in [0, 0.05) is 5.69 Å². The van der Waals surface area contributed by atoms with Crippen LogP contribution in [0.2, 0.25) is 0 Å². The Labute approximate surface area is 112 Å². The molecule has 0 aromatic heterocycles. The molecule has 1 amide bonds. The number of halogens is 4. The molecular weight excluding hydrogens is 278 g/mol. The van der Waals surface area contributed by atoms with E-state index in [-0.39, 0.29) is 11.5 Å². The van der Waals surface area contributed by atoms with E-state index in [4.69, 9.17) is 0 Å². The number of fused-ring (bicyclic) bond motifs is 1. The lowest BCUT2D eigenvalue weighted by Crippen LogP contribution is -2.34. The number of aliphatic hydroxyl groups is 1. The van der Waals surface area contributed by atoms with Crippen molar-refractivity contribution in [2.75, 3.05) is 5.32 Å². The highest BCUT2D eigenvalue weighted by atomic mass is 19.3. The predicted molar refractivity (Wildman–Crippen MR) is 64.0 cm³/mol.